The van der Waals surface area contributed by atoms with Gasteiger partial charge in [-0.2, -0.15) is 0 Å². The van der Waals surface area contributed by atoms with Crippen molar-refractivity contribution in [2.24, 2.45) is 5.73 Å². The number of carbonyl (C=O) groups excluding carboxylic acids is 5. The molecule has 0 rings (SSSR count). The summed E-state index contributed by atoms with van der Waals surface area (Å²) in [4.78, 5) is 58.6. The van der Waals surface area contributed by atoms with Crippen LogP contribution < -0.4 is 32.3 Å². The van der Waals surface area contributed by atoms with Crippen molar-refractivity contribution in [1.29, 1.82) is 0 Å². The van der Waals surface area contributed by atoms with Gasteiger partial charge in [0.1, 0.15) is 6.04 Å². The van der Waals surface area contributed by atoms with Gasteiger partial charge in [0.2, 0.25) is 23.6 Å². The predicted molar refractivity (Wildman–Crippen MR) is 112 cm³/mol. The van der Waals surface area contributed by atoms with Crippen molar-refractivity contribution in [3.63, 3.8) is 0 Å². The number of rotatable bonds is 16. The minimum absolute atomic E-state index is 0.209. The van der Waals surface area contributed by atoms with Crippen LogP contribution in [0.2, 0.25) is 0 Å². The molecule has 0 aliphatic carbocycles. The van der Waals surface area contributed by atoms with Gasteiger partial charge in [0.15, 0.2) is 0 Å². The molecule has 0 bridgehead atoms. The van der Waals surface area contributed by atoms with E-state index < -0.39 is 23.9 Å². The summed E-state index contributed by atoms with van der Waals surface area (Å²) < 4.78 is 0. The summed E-state index contributed by atoms with van der Waals surface area (Å²) in [5, 5.41) is 12.6. The largest absolute Gasteiger partial charge is 0.355 e. The summed E-state index contributed by atoms with van der Waals surface area (Å²) in [6.45, 7) is 4.23. The lowest BCUT2D eigenvalue weighted by molar-refractivity contribution is -0.131. The number of amides is 6. The molecule has 172 valence electrons. The fourth-order valence-corrected chi connectivity index (χ4v) is 2.45. The molecular formula is C19H36N6O5. The Morgan fingerprint density at radius 3 is 2.07 bits per heavy atom. The van der Waals surface area contributed by atoms with E-state index in [1.54, 1.807) is 0 Å². The predicted octanol–water partition coefficient (Wildman–Crippen LogP) is -0.741. The van der Waals surface area contributed by atoms with Crippen molar-refractivity contribution < 1.29 is 24.0 Å². The molecule has 6 amide bonds. The SMILES string of the molecule is CCCCCC(=O)NCC(=O)NC(CCCNC(N)=O)C(=O)NCC(=O)NCCC. The Labute approximate surface area is 177 Å². The molecule has 0 aromatic rings. The number of primary amides is 1. The van der Waals surface area contributed by atoms with Crippen LogP contribution in [0.3, 0.4) is 0 Å². The van der Waals surface area contributed by atoms with E-state index in [4.69, 9.17) is 5.73 Å². The summed E-state index contributed by atoms with van der Waals surface area (Å²) in [5.74, 6) is -1.59. The minimum atomic E-state index is -0.914. The average molecular weight is 429 g/mol. The Morgan fingerprint density at radius 2 is 1.43 bits per heavy atom. The van der Waals surface area contributed by atoms with Gasteiger partial charge in [0, 0.05) is 19.5 Å². The summed E-state index contributed by atoms with van der Waals surface area (Å²) >= 11 is 0. The third-order valence-corrected chi connectivity index (χ3v) is 4.07. The molecule has 0 spiro atoms. The van der Waals surface area contributed by atoms with Crippen molar-refractivity contribution in [3.8, 4) is 0 Å². The van der Waals surface area contributed by atoms with Crippen LogP contribution in [0.5, 0.6) is 0 Å². The molecule has 1 atom stereocenters. The van der Waals surface area contributed by atoms with E-state index in [0.29, 0.717) is 19.4 Å². The lowest BCUT2D eigenvalue weighted by Gasteiger charge is -2.19. The molecule has 0 aromatic heterocycles. The van der Waals surface area contributed by atoms with Gasteiger partial charge in [0.05, 0.1) is 13.1 Å². The summed E-state index contributed by atoms with van der Waals surface area (Å²) in [6.07, 6.45) is 4.40. The van der Waals surface area contributed by atoms with E-state index in [-0.39, 0.29) is 37.9 Å². The van der Waals surface area contributed by atoms with Crippen molar-refractivity contribution in [2.45, 2.75) is 64.8 Å². The van der Waals surface area contributed by atoms with Gasteiger partial charge in [-0.3, -0.25) is 19.2 Å². The quantitative estimate of drug-likeness (QED) is 0.177. The Balaban J connectivity index is 4.56. The van der Waals surface area contributed by atoms with Crippen LogP contribution in [0.15, 0.2) is 0 Å². The fourth-order valence-electron chi connectivity index (χ4n) is 2.45. The fraction of sp³-hybridized carbons (Fsp3) is 0.737. The Hall–Kier alpha value is -2.85. The zero-order valence-electron chi connectivity index (χ0n) is 18.0. The van der Waals surface area contributed by atoms with Gasteiger partial charge in [-0.1, -0.05) is 26.7 Å². The number of hydrogen-bond acceptors (Lipinski definition) is 5. The van der Waals surface area contributed by atoms with Gasteiger partial charge in [-0.15, -0.1) is 0 Å². The van der Waals surface area contributed by atoms with Crippen LogP contribution in [-0.4, -0.2) is 61.9 Å². The van der Waals surface area contributed by atoms with Gasteiger partial charge in [-0.05, 0) is 25.7 Å². The highest BCUT2D eigenvalue weighted by molar-refractivity contribution is 5.91. The zero-order valence-corrected chi connectivity index (χ0v) is 18.0. The number of hydrogen-bond donors (Lipinski definition) is 6. The number of nitrogens with two attached hydrogens (primary N) is 1. The van der Waals surface area contributed by atoms with Crippen LogP contribution in [0.25, 0.3) is 0 Å². The molecule has 7 N–H and O–H groups in total. The van der Waals surface area contributed by atoms with E-state index in [2.05, 4.69) is 26.6 Å². The van der Waals surface area contributed by atoms with E-state index in [9.17, 15) is 24.0 Å². The highest BCUT2D eigenvalue weighted by atomic mass is 16.2. The number of unbranched alkanes of at least 4 members (excludes halogenated alkanes) is 2. The summed E-state index contributed by atoms with van der Waals surface area (Å²) in [7, 11) is 0. The first kappa shape index (κ1) is 27.1. The second-order valence-corrected chi connectivity index (χ2v) is 6.85. The van der Waals surface area contributed by atoms with Crippen molar-refractivity contribution >= 4 is 29.7 Å². The van der Waals surface area contributed by atoms with Crippen molar-refractivity contribution in [3.05, 3.63) is 0 Å². The van der Waals surface area contributed by atoms with E-state index in [0.717, 1.165) is 25.7 Å². The Bertz CT molecular complexity index is 570. The summed E-state index contributed by atoms with van der Waals surface area (Å²) in [6, 6.07) is -1.60. The van der Waals surface area contributed by atoms with Gasteiger partial charge < -0.3 is 32.3 Å². The standard InChI is InChI=1S/C19H36N6O5/c1-3-5-6-9-15(26)23-13-17(28)25-14(8-7-11-22-19(20)30)18(29)24-12-16(27)21-10-4-2/h14H,3-13H2,1-2H3,(H,21,27)(H,23,26)(H,24,29)(H,25,28)(H3,20,22,30). The topological polar surface area (TPSA) is 172 Å². The molecule has 0 saturated heterocycles. The zero-order chi connectivity index (χ0) is 22.8. The first-order chi connectivity index (χ1) is 14.3. The van der Waals surface area contributed by atoms with Crippen LogP contribution >= 0.6 is 0 Å². The highest BCUT2D eigenvalue weighted by Gasteiger charge is 2.21. The molecular weight excluding hydrogens is 392 g/mol. The first-order valence-corrected chi connectivity index (χ1v) is 10.4. The maximum absolute atomic E-state index is 12.4. The molecule has 0 radical (unpaired) electrons. The van der Waals surface area contributed by atoms with Crippen molar-refractivity contribution in [2.75, 3.05) is 26.2 Å². The normalized spacial score (nSPS) is 11.1. The van der Waals surface area contributed by atoms with E-state index in [1.165, 1.54) is 0 Å². The van der Waals surface area contributed by atoms with E-state index in [1.807, 2.05) is 13.8 Å². The third kappa shape index (κ3) is 15.1. The molecule has 0 aliphatic heterocycles. The molecule has 11 nitrogen and oxygen atoms in total. The maximum Gasteiger partial charge on any atom is 0.312 e. The number of carbonyl (C=O) groups is 5. The first-order valence-electron chi connectivity index (χ1n) is 10.4. The van der Waals surface area contributed by atoms with Crippen LogP contribution in [-0.2, 0) is 19.2 Å². The maximum atomic E-state index is 12.4. The smallest absolute Gasteiger partial charge is 0.312 e. The lowest BCUT2D eigenvalue weighted by Crippen LogP contribution is -2.51. The highest BCUT2D eigenvalue weighted by Crippen LogP contribution is 1.99. The van der Waals surface area contributed by atoms with Crippen LogP contribution in [0.4, 0.5) is 4.79 Å². The molecule has 1 unspecified atom stereocenters. The molecule has 0 heterocycles. The average Bonchev–Trinajstić information content (AvgIpc) is 2.71. The van der Waals surface area contributed by atoms with E-state index >= 15 is 0 Å². The molecule has 0 aliphatic rings. The van der Waals surface area contributed by atoms with Gasteiger partial charge >= 0.3 is 6.03 Å². The third-order valence-electron chi connectivity index (χ3n) is 4.07. The molecule has 0 fully saturated rings. The monoisotopic (exact) mass is 428 g/mol. The second-order valence-electron chi connectivity index (χ2n) is 6.85. The Morgan fingerprint density at radius 1 is 0.733 bits per heavy atom. The molecule has 11 heteroatoms. The number of nitrogens with one attached hydrogen (secondary N) is 5. The number of urea groups is 1. The lowest BCUT2D eigenvalue weighted by atomic mass is 10.1. The minimum Gasteiger partial charge on any atom is -0.355 e. The second kappa shape index (κ2) is 17.0. The van der Waals surface area contributed by atoms with Gasteiger partial charge in [-0.25, -0.2) is 4.79 Å². The molecule has 0 saturated carbocycles. The van der Waals surface area contributed by atoms with Crippen molar-refractivity contribution in [1.82, 2.24) is 26.6 Å². The molecule has 0 aromatic carbocycles. The van der Waals surface area contributed by atoms with Crippen LogP contribution in [0.1, 0.15) is 58.8 Å². The molecule has 30 heavy (non-hydrogen) atoms. The van der Waals surface area contributed by atoms with Crippen LogP contribution in [0, 0.1) is 0 Å². The Kier molecular flexibility index (Phi) is 15.4. The summed E-state index contributed by atoms with van der Waals surface area (Å²) in [5.41, 5.74) is 5.00. The van der Waals surface area contributed by atoms with Gasteiger partial charge in [0.25, 0.3) is 0 Å².